The molecule has 1 aliphatic heterocycles. The van der Waals surface area contributed by atoms with Crippen molar-refractivity contribution in [3.8, 4) is 0 Å². The molecule has 1 saturated heterocycles. The van der Waals surface area contributed by atoms with E-state index >= 15 is 0 Å². The molecule has 6 nitrogen and oxygen atoms in total. The number of rotatable bonds is 9. The van der Waals surface area contributed by atoms with Gasteiger partial charge in [-0.15, -0.1) is 0 Å². The van der Waals surface area contributed by atoms with Crippen LogP contribution in [-0.2, 0) is 4.74 Å². The Hall–Kier alpha value is -1.92. The number of morpholine rings is 1. The number of carbonyl (C=O) groups is 2. The van der Waals surface area contributed by atoms with Gasteiger partial charge in [0.1, 0.15) is 0 Å². The number of hydrogen-bond acceptors (Lipinski definition) is 4. The summed E-state index contributed by atoms with van der Waals surface area (Å²) in [5.74, 6) is -0.137. The normalized spacial score (nSPS) is 14.8. The highest BCUT2D eigenvalue weighted by Crippen LogP contribution is 2.10. The molecule has 6 heteroatoms. The highest BCUT2D eigenvalue weighted by atomic mass is 16.5. The van der Waals surface area contributed by atoms with Crippen LogP contribution in [0.25, 0.3) is 0 Å². The molecule has 2 amide bonds. The topological polar surface area (TPSA) is 61.9 Å². The van der Waals surface area contributed by atoms with Crippen molar-refractivity contribution < 1.29 is 14.3 Å². The predicted molar refractivity (Wildman–Crippen MR) is 103 cm³/mol. The van der Waals surface area contributed by atoms with Gasteiger partial charge in [0.2, 0.25) is 0 Å². The molecule has 1 aromatic rings. The van der Waals surface area contributed by atoms with E-state index in [0.717, 1.165) is 58.8 Å². The first-order chi connectivity index (χ1) is 12.7. The smallest absolute Gasteiger partial charge is 0.253 e. The molecule has 1 N–H and O–H groups in total. The van der Waals surface area contributed by atoms with Gasteiger partial charge in [-0.05, 0) is 31.0 Å². The molecule has 0 bridgehead atoms. The van der Waals surface area contributed by atoms with E-state index in [1.165, 1.54) is 0 Å². The van der Waals surface area contributed by atoms with Crippen LogP contribution in [0.5, 0.6) is 0 Å². The van der Waals surface area contributed by atoms with Crippen molar-refractivity contribution in [3.05, 3.63) is 35.4 Å². The van der Waals surface area contributed by atoms with Gasteiger partial charge in [-0.2, -0.15) is 0 Å². The van der Waals surface area contributed by atoms with E-state index in [0.29, 0.717) is 17.7 Å². The van der Waals surface area contributed by atoms with Crippen molar-refractivity contribution >= 4 is 11.8 Å². The van der Waals surface area contributed by atoms with Gasteiger partial charge in [0, 0.05) is 50.4 Å². The van der Waals surface area contributed by atoms with Gasteiger partial charge in [-0.1, -0.05) is 19.9 Å². The lowest BCUT2D eigenvalue weighted by atomic mass is 10.1. The average molecular weight is 361 g/mol. The number of benzene rings is 1. The molecule has 1 aromatic carbocycles. The Morgan fingerprint density at radius 2 is 1.77 bits per heavy atom. The van der Waals surface area contributed by atoms with E-state index in [4.69, 9.17) is 4.74 Å². The van der Waals surface area contributed by atoms with Crippen molar-refractivity contribution in [2.45, 2.75) is 26.7 Å². The molecule has 1 fully saturated rings. The summed E-state index contributed by atoms with van der Waals surface area (Å²) in [5.41, 5.74) is 1.11. The molecule has 0 saturated carbocycles. The molecule has 26 heavy (non-hydrogen) atoms. The number of nitrogens with zero attached hydrogens (tertiary/aromatic N) is 2. The molecule has 0 atom stereocenters. The molecule has 2 rings (SSSR count). The summed E-state index contributed by atoms with van der Waals surface area (Å²) in [7, 11) is 0. The zero-order valence-electron chi connectivity index (χ0n) is 16.0. The van der Waals surface area contributed by atoms with Gasteiger partial charge < -0.3 is 15.0 Å². The van der Waals surface area contributed by atoms with Crippen LogP contribution in [-0.4, -0.2) is 74.1 Å². The Bertz CT molecular complexity index is 579. The number of amides is 2. The van der Waals surface area contributed by atoms with E-state index < -0.39 is 0 Å². The van der Waals surface area contributed by atoms with Gasteiger partial charge in [-0.3, -0.25) is 14.5 Å². The third-order valence-corrected chi connectivity index (χ3v) is 4.46. The van der Waals surface area contributed by atoms with Crippen LogP contribution in [0.3, 0.4) is 0 Å². The second-order valence-corrected chi connectivity index (χ2v) is 6.58. The van der Waals surface area contributed by atoms with Crippen LogP contribution in [0.2, 0.25) is 0 Å². The minimum absolute atomic E-state index is 0.00309. The molecule has 0 aliphatic carbocycles. The summed E-state index contributed by atoms with van der Waals surface area (Å²) in [6.07, 6.45) is 1.85. The molecule has 1 heterocycles. The Morgan fingerprint density at radius 1 is 1.12 bits per heavy atom. The Labute approximate surface area is 156 Å². The summed E-state index contributed by atoms with van der Waals surface area (Å²) in [5, 5.41) is 2.95. The minimum atomic E-state index is -0.134. The summed E-state index contributed by atoms with van der Waals surface area (Å²) in [6, 6.07) is 7.01. The standard InChI is InChI=1S/C20H31N3O3/c1-3-9-23(10-4-2)20(25)18-7-5-6-17(16-18)19(24)21-8-11-22-12-14-26-15-13-22/h5-7,16H,3-4,8-15H2,1-2H3,(H,21,24). The highest BCUT2D eigenvalue weighted by Gasteiger charge is 2.16. The summed E-state index contributed by atoms with van der Waals surface area (Å²) in [4.78, 5) is 29.2. The van der Waals surface area contributed by atoms with Gasteiger partial charge in [0.05, 0.1) is 13.2 Å². The average Bonchev–Trinajstić information content (AvgIpc) is 2.68. The van der Waals surface area contributed by atoms with Gasteiger partial charge in [-0.25, -0.2) is 0 Å². The lowest BCUT2D eigenvalue weighted by molar-refractivity contribution is 0.0383. The molecule has 0 radical (unpaired) electrons. The van der Waals surface area contributed by atoms with E-state index in [1.807, 2.05) is 4.90 Å². The Morgan fingerprint density at radius 3 is 2.42 bits per heavy atom. The zero-order valence-corrected chi connectivity index (χ0v) is 16.0. The number of ether oxygens (including phenoxy) is 1. The Kier molecular flexibility index (Phi) is 8.58. The molecule has 0 aromatic heterocycles. The van der Waals surface area contributed by atoms with Crippen molar-refractivity contribution in [2.24, 2.45) is 0 Å². The van der Waals surface area contributed by atoms with E-state index in [1.54, 1.807) is 24.3 Å². The maximum Gasteiger partial charge on any atom is 0.253 e. The molecular weight excluding hydrogens is 330 g/mol. The fourth-order valence-electron chi connectivity index (χ4n) is 3.09. The van der Waals surface area contributed by atoms with Crippen molar-refractivity contribution in [1.82, 2.24) is 15.1 Å². The second kappa shape index (κ2) is 10.9. The van der Waals surface area contributed by atoms with Crippen LogP contribution in [0.4, 0.5) is 0 Å². The quantitative estimate of drug-likeness (QED) is 0.731. The monoisotopic (exact) mass is 361 g/mol. The van der Waals surface area contributed by atoms with Crippen LogP contribution >= 0.6 is 0 Å². The van der Waals surface area contributed by atoms with E-state index in [2.05, 4.69) is 24.1 Å². The van der Waals surface area contributed by atoms with Gasteiger partial charge in [0.15, 0.2) is 0 Å². The predicted octanol–water partition coefficient (Wildman–Crippen LogP) is 2.01. The third-order valence-electron chi connectivity index (χ3n) is 4.46. The van der Waals surface area contributed by atoms with Crippen LogP contribution in [0.1, 0.15) is 47.4 Å². The lowest BCUT2D eigenvalue weighted by Crippen LogP contribution is -2.41. The fourth-order valence-corrected chi connectivity index (χ4v) is 3.09. The SMILES string of the molecule is CCCN(CCC)C(=O)c1cccc(C(=O)NCCN2CCOCC2)c1. The Balaban J connectivity index is 1.91. The van der Waals surface area contributed by atoms with Crippen LogP contribution in [0, 0.1) is 0 Å². The number of nitrogens with one attached hydrogen (secondary N) is 1. The number of hydrogen-bond donors (Lipinski definition) is 1. The summed E-state index contributed by atoms with van der Waals surface area (Å²) < 4.78 is 5.32. The molecule has 1 aliphatic rings. The lowest BCUT2D eigenvalue weighted by Gasteiger charge is -2.26. The molecule has 144 valence electrons. The summed E-state index contributed by atoms with van der Waals surface area (Å²) in [6.45, 7) is 10.3. The fraction of sp³-hybridized carbons (Fsp3) is 0.600. The van der Waals surface area contributed by atoms with Gasteiger partial charge in [0.25, 0.3) is 11.8 Å². The zero-order chi connectivity index (χ0) is 18.8. The van der Waals surface area contributed by atoms with E-state index in [9.17, 15) is 9.59 Å². The van der Waals surface area contributed by atoms with Gasteiger partial charge >= 0.3 is 0 Å². The maximum absolute atomic E-state index is 12.7. The third kappa shape index (κ3) is 6.11. The second-order valence-electron chi connectivity index (χ2n) is 6.58. The molecule has 0 unspecified atom stereocenters. The highest BCUT2D eigenvalue weighted by molar-refractivity contribution is 5.99. The summed E-state index contributed by atoms with van der Waals surface area (Å²) >= 11 is 0. The first-order valence-corrected chi connectivity index (χ1v) is 9.63. The van der Waals surface area contributed by atoms with Crippen molar-refractivity contribution in [3.63, 3.8) is 0 Å². The number of carbonyl (C=O) groups excluding carboxylic acids is 2. The molecule has 0 spiro atoms. The van der Waals surface area contributed by atoms with Crippen molar-refractivity contribution in [1.29, 1.82) is 0 Å². The first-order valence-electron chi connectivity index (χ1n) is 9.63. The maximum atomic E-state index is 12.7. The molecular formula is C20H31N3O3. The van der Waals surface area contributed by atoms with Crippen LogP contribution < -0.4 is 5.32 Å². The van der Waals surface area contributed by atoms with E-state index in [-0.39, 0.29) is 11.8 Å². The largest absolute Gasteiger partial charge is 0.379 e. The van der Waals surface area contributed by atoms with Crippen molar-refractivity contribution in [2.75, 3.05) is 52.5 Å². The van der Waals surface area contributed by atoms with Crippen LogP contribution in [0.15, 0.2) is 24.3 Å². The minimum Gasteiger partial charge on any atom is -0.379 e. The first kappa shape index (κ1) is 20.4.